The standard InChI is InChI=1S/C30H24N6/c1-13-7-19-20(8-14(13)2)32-26-25(31-19)27-29(35-22-10-16(4)15(3)9-21(22)33-27)30-28(26)34-23-11-17(5)18(6)12-24(23)36-30/h7-12,31,34-35H,1,4-5H2,2-3,6H3. The summed E-state index contributed by atoms with van der Waals surface area (Å²) in [6, 6.07) is 12.3. The Balaban J connectivity index is 1.62. The van der Waals surface area contributed by atoms with Crippen molar-refractivity contribution in [2.75, 3.05) is 16.0 Å². The molecule has 6 heteroatoms. The molecule has 3 heterocycles. The zero-order chi connectivity index (χ0) is 24.9. The highest BCUT2D eigenvalue weighted by atomic mass is 15.1. The van der Waals surface area contributed by atoms with Crippen LogP contribution in [0.4, 0.5) is 51.2 Å². The molecule has 0 fully saturated rings. The van der Waals surface area contributed by atoms with Crippen molar-refractivity contribution in [2.24, 2.45) is 15.0 Å². The number of nitrogens with one attached hydrogen (secondary N) is 3. The predicted octanol–water partition coefficient (Wildman–Crippen LogP) is 3.87. The van der Waals surface area contributed by atoms with E-state index in [-0.39, 0.29) is 0 Å². The molecule has 3 aliphatic heterocycles. The van der Waals surface area contributed by atoms with Gasteiger partial charge < -0.3 is 16.0 Å². The van der Waals surface area contributed by atoms with Crippen LogP contribution in [0.3, 0.4) is 0 Å². The summed E-state index contributed by atoms with van der Waals surface area (Å²) in [5, 5.41) is 16.3. The van der Waals surface area contributed by atoms with Crippen LogP contribution in [0, 0.1) is 20.8 Å². The average molecular weight is 469 g/mol. The predicted molar refractivity (Wildman–Crippen MR) is 148 cm³/mol. The second kappa shape index (κ2) is 6.92. The number of nitrogens with zero attached hydrogens (tertiary/aromatic N) is 3. The fraction of sp³-hybridized carbons (Fsp3) is 0.100. The number of hydrogen-bond acceptors (Lipinski definition) is 6. The van der Waals surface area contributed by atoms with Crippen LogP contribution in [0.15, 0.2) is 51.4 Å². The zero-order valence-corrected chi connectivity index (χ0v) is 20.4. The first-order valence-corrected chi connectivity index (χ1v) is 11.9. The lowest BCUT2D eigenvalue weighted by atomic mass is 10.0. The summed E-state index contributed by atoms with van der Waals surface area (Å²) >= 11 is 0. The van der Waals surface area contributed by atoms with E-state index < -0.39 is 0 Å². The molecule has 3 aliphatic rings. The smallest absolute Gasteiger partial charge is 0.115 e. The molecule has 0 atom stereocenters. The molecule has 0 aromatic heterocycles. The molecule has 4 aromatic rings. The largest absolute Gasteiger partial charge is 0.350 e. The number of fused-ring (bicyclic) bond motifs is 9. The van der Waals surface area contributed by atoms with Crippen molar-refractivity contribution in [1.29, 1.82) is 0 Å². The van der Waals surface area contributed by atoms with Crippen molar-refractivity contribution >= 4 is 70.9 Å². The van der Waals surface area contributed by atoms with Gasteiger partial charge in [0.15, 0.2) is 0 Å². The summed E-state index contributed by atoms with van der Waals surface area (Å²) in [5.41, 5.74) is 10.9. The van der Waals surface area contributed by atoms with Crippen LogP contribution in [0.5, 0.6) is 0 Å². The van der Waals surface area contributed by atoms with Gasteiger partial charge in [-0.25, -0.2) is 15.0 Å². The Morgan fingerprint density at radius 1 is 0.472 bits per heavy atom. The van der Waals surface area contributed by atoms with Crippen LogP contribution in [0.25, 0.3) is 19.7 Å². The maximum absolute atomic E-state index is 5.11. The second-order valence-corrected chi connectivity index (χ2v) is 9.77. The molecule has 4 aromatic carbocycles. The second-order valence-electron chi connectivity index (χ2n) is 9.77. The first-order valence-electron chi connectivity index (χ1n) is 11.9. The lowest BCUT2D eigenvalue weighted by molar-refractivity contribution is 1.19. The van der Waals surface area contributed by atoms with E-state index in [0.29, 0.717) is 0 Å². The Hall–Kier alpha value is -4.71. The van der Waals surface area contributed by atoms with Crippen molar-refractivity contribution in [3.63, 3.8) is 0 Å². The maximum Gasteiger partial charge on any atom is 0.115 e. The molecule has 0 aliphatic carbocycles. The van der Waals surface area contributed by atoms with Crippen LogP contribution in [-0.2, 0) is 0 Å². The van der Waals surface area contributed by atoms with Gasteiger partial charge in [-0.2, -0.15) is 0 Å². The summed E-state index contributed by atoms with van der Waals surface area (Å²) < 4.78 is 0. The Kier molecular flexibility index (Phi) is 3.97. The molecule has 174 valence electrons. The molecule has 3 N–H and O–H groups in total. The molecule has 36 heavy (non-hydrogen) atoms. The van der Waals surface area contributed by atoms with E-state index >= 15 is 0 Å². The lowest BCUT2D eigenvalue weighted by Gasteiger charge is -2.29. The Morgan fingerprint density at radius 2 is 0.750 bits per heavy atom. The highest BCUT2D eigenvalue weighted by Crippen LogP contribution is 2.57. The van der Waals surface area contributed by atoms with E-state index in [1.54, 1.807) is 0 Å². The van der Waals surface area contributed by atoms with Gasteiger partial charge in [0.2, 0.25) is 0 Å². The fourth-order valence-corrected chi connectivity index (χ4v) is 4.96. The molecule has 0 saturated heterocycles. The maximum atomic E-state index is 5.11. The van der Waals surface area contributed by atoms with Crippen molar-refractivity contribution in [3.05, 3.63) is 84.8 Å². The summed E-state index contributed by atoms with van der Waals surface area (Å²) in [4.78, 5) is 15.3. The average Bonchev–Trinajstić information content (AvgIpc) is 2.84. The van der Waals surface area contributed by atoms with Crippen LogP contribution < -0.4 is 47.7 Å². The molecule has 0 spiro atoms. The molecule has 0 unspecified atom stereocenters. The van der Waals surface area contributed by atoms with Crippen molar-refractivity contribution < 1.29 is 0 Å². The number of anilines is 6. The van der Waals surface area contributed by atoms with E-state index in [4.69, 9.17) is 15.0 Å². The Bertz CT molecular complexity index is 1800. The number of benzene rings is 4. The zero-order valence-electron chi connectivity index (χ0n) is 20.4. The minimum Gasteiger partial charge on any atom is -0.350 e. The van der Waals surface area contributed by atoms with Crippen LogP contribution in [-0.4, -0.2) is 0 Å². The van der Waals surface area contributed by atoms with Gasteiger partial charge in [-0.3, -0.25) is 0 Å². The van der Waals surface area contributed by atoms with Gasteiger partial charge in [-0.05, 0) is 89.5 Å². The van der Waals surface area contributed by atoms with Crippen molar-refractivity contribution in [3.8, 4) is 0 Å². The summed E-state index contributed by atoms with van der Waals surface area (Å²) in [7, 11) is 0. The van der Waals surface area contributed by atoms with E-state index in [1.807, 2.05) is 39.0 Å². The summed E-state index contributed by atoms with van der Waals surface area (Å²) in [6.45, 7) is 18.7. The van der Waals surface area contributed by atoms with Gasteiger partial charge in [-0.1, -0.05) is 19.7 Å². The molecule has 0 radical (unpaired) electrons. The van der Waals surface area contributed by atoms with E-state index in [0.717, 1.165) is 99.6 Å². The summed E-state index contributed by atoms with van der Waals surface area (Å²) in [5.74, 6) is 0. The minimum absolute atomic E-state index is 0.785. The molecular weight excluding hydrogens is 444 g/mol. The van der Waals surface area contributed by atoms with Gasteiger partial charge in [0.05, 0.1) is 50.2 Å². The molecular formula is C30H24N6. The third-order valence-electron chi connectivity index (χ3n) is 7.26. The topological polar surface area (TPSA) is 73.2 Å². The van der Waals surface area contributed by atoms with E-state index in [2.05, 4.69) is 53.9 Å². The molecule has 6 nitrogen and oxygen atoms in total. The Morgan fingerprint density at radius 3 is 1.03 bits per heavy atom. The minimum atomic E-state index is 0.785. The van der Waals surface area contributed by atoms with Gasteiger partial charge in [-0.15, -0.1) is 0 Å². The number of rotatable bonds is 0. The summed E-state index contributed by atoms with van der Waals surface area (Å²) in [6.07, 6.45) is 0. The highest BCUT2D eigenvalue weighted by Gasteiger charge is 2.30. The lowest BCUT2D eigenvalue weighted by Crippen LogP contribution is -2.24. The molecule has 0 bridgehead atoms. The number of hydrogen-bond donors (Lipinski definition) is 3. The van der Waals surface area contributed by atoms with Gasteiger partial charge >= 0.3 is 0 Å². The SMILES string of the molecule is C=c1cc2c(cc1C)=Nc1c(c3c(c4c1Nc1cc(=C)c(C)cc1=N4)Nc1cc(=C)c(C)cc1=N3)N2. The molecule has 0 saturated carbocycles. The van der Waals surface area contributed by atoms with E-state index in [9.17, 15) is 0 Å². The third-order valence-corrected chi connectivity index (χ3v) is 7.26. The Labute approximate surface area is 207 Å². The van der Waals surface area contributed by atoms with Crippen molar-refractivity contribution in [1.82, 2.24) is 0 Å². The van der Waals surface area contributed by atoms with Crippen LogP contribution >= 0.6 is 0 Å². The van der Waals surface area contributed by atoms with Gasteiger partial charge in [0, 0.05) is 0 Å². The molecule has 7 rings (SSSR count). The fourth-order valence-electron chi connectivity index (χ4n) is 4.96. The normalized spacial score (nSPS) is 13.4. The van der Waals surface area contributed by atoms with E-state index in [1.165, 1.54) is 0 Å². The third kappa shape index (κ3) is 2.81. The van der Waals surface area contributed by atoms with Gasteiger partial charge in [0.25, 0.3) is 0 Å². The first-order chi connectivity index (χ1) is 17.3. The van der Waals surface area contributed by atoms with Gasteiger partial charge in [0.1, 0.15) is 17.1 Å². The molecule has 0 amide bonds. The first kappa shape index (κ1) is 20.6. The van der Waals surface area contributed by atoms with Crippen molar-refractivity contribution in [2.45, 2.75) is 20.8 Å². The van der Waals surface area contributed by atoms with Crippen LogP contribution in [0.2, 0.25) is 0 Å². The monoisotopic (exact) mass is 468 g/mol. The van der Waals surface area contributed by atoms with Crippen LogP contribution in [0.1, 0.15) is 16.7 Å². The quantitative estimate of drug-likeness (QED) is 0.316. The number of aryl methyl sites for hydroxylation is 3. The highest BCUT2D eigenvalue weighted by molar-refractivity contribution is 6.09.